The standard InChI is InChI=1S/C40H77NO11S/c1-3-5-7-9-11-13-15-17-18-19-21-23-25-27-29-34(43)33(41-36(44)30-28-26-24-22-20-16-14-12-10-8-6-4-2)32-50-40-38(46)39(52-53(47,48)49)37(45)35(31-42)51-40/h12,14,33-35,37-40,42-43,45-46H,3-11,13,15-32H2,1-2H3,(H,41,44)(H,47,48,49)/b14-12-. The van der Waals surface area contributed by atoms with Crippen LogP contribution in [0.3, 0.4) is 0 Å². The van der Waals surface area contributed by atoms with Crippen molar-refractivity contribution in [1.82, 2.24) is 5.32 Å². The van der Waals surface area contributed by atoms with Gasteiger partial charge in [0, 0.05) is 6.42 Å². The van der Waals surface area contributed by atoms with Crippen LogP contribution in [0.2, 0.25) is 0 Å². The number of rotatable bonds is 35. The first-order chi connectivity index (χ1) is 25.5. The van der Waals surface area contributed by atoms with Crippen LogP contribution in [0.5, 0.6) is 0 Å². The van der Waals surface area contributed by atoms with Gasteiger partial charge in [0.2, 0.25) is 5.91 Å². The molecule has 13 heteroatoms. The van der Waals surface area contributed by atoms with Crippen LogP contribution in [0.1, 0.15) is 181 Å². The fraction of sp³-hybridized carbons (Fsp3) is 0.925. The number of ether oxygens (including phenoxy) is 2. The highest BCUT2D eigenvalue weighted by Gasteiger charge is 2.48. The van der Waals surface area contributed by atoms with Crippen molar-refractivity contribution in [1.29, 1.82) is 0 Å². The van der Waals surface area contributed by atoms with E-state index < -0.39 is 59.9 Å². The second-order valence-corrected chi connectivity index (χ2v) is 16.0. The maximum absolute atomic E-state index is 13.0. The van der Waals surface area contributed by atoms with E-state index in [0.29, 0.717) is 12.8 Å². The molecular weight excluding hydrogens is 703 g/mol. The van der Waals surface area contributed by atoms with Gasteiger partial charge in [-0.3, -0.25) is 9.35 Å². The summed E-state index contributed by atoms with van der Waals surface area (Å²) in [5, 5.41) is 44.7. The quantitative estimate of drug-likeness (QED) is 0.0216. The van der Waals surface area contributed by atoms with Crippen molar-refractivity contribution in [2.45, 2.75) is 224 Å². The van der Waals surface area contributed by atoms with E-state index in [1.807, 2.05) is 0 Å². The molecule has 1 heterocycles. The summed E-state index contributed by atoms with van der Waals surface area (Å²) in [7, 11) is -5.07. The van der Waals surface area contributed by atoms with Crippen molar-refractivity contribution in [3.05, 3.63) is 12.2 Å². The molecule has 0 aromatic heterocycles. The van der Waals surface area contributed by atoms with Crippen LogP contribution in [0.4, 0.5) is 0 Å². The van der Waals surface area contributed by atoms with E-state index in [2.05, 4.69) is 35.5 Å². The van der Waals surface area contributed by atoms with Gasteiger partial charge in [0.1, 0.15) is 24.4 Å². The fourth-order valence-electron chi connectivity index (χ4n) is 6.75. The molecule has 7 atom stereocenters. The van der Waals surface area contributed by atoms with E-state index in [9.17, 15) is 33.6 Å². The third-order valence-electron chi connectivity index (χ3n) is 10.1. The minimum atomic E-state index is -5.07. The highest BCUT2D eigenvalue weighted by Crippen LogP contribution is 2.26. The summed E-state index contributed by atoms with van der Waals surface area (Å²) < 4.78 is 47.5. The molecule has 12 nitrogen and oxygen atoms in total. The summed E-state index contributed by atoms with van der Waals surface area (Å²) in [6, 6.07) is -0.857. The molecule has 1 fully saturated rings. The SMILES string of the molecule is CCCCC/C=C\CCCCCCCC(=O)NC(COC1OC(CO)C(O)C(OS(=O)(=O)O)C1O)C(O)CCCCCCCCCCCCCCCC. The first kappa shape index (κ1) is 49.9. The number of unbranched alkanes of at least 4 members (excludes halogenated alkanes) is 21. The zero-order valence-electron chi connectivity index (χ0n) is 33.1. The van der Waals surface area contributed by atoms with Gasteiger partial charge in [-0.1, -0.05) is 148 Å². The zero-order chi connectivity index (χ0) is 39.2. The second-order valence-electron chi connectivity index (χ2n) is 14.9. The molecule has 0 aromatic rings. The van der Waals surface area contributed by atoms with E-state index in [0.717, 1.165) is 64.2 Å². The first-order valence-electron chi connectivity index (χ1n) is 21.1. The lowest BCUT2D eigenvalue weighted by Crippen LogP contribution is -2.61. The van der Waals surface area contributed by atoms with Gasteiger partial charge in [-0.25, -0.2) is 4.18 Å². The largest absolute Gasteiger partial charge is 0.397 e. The van der Waals surface area contributed by atoms with Crippen LogP contribution >= 0.6 is 0 Å². The predicted molar refractivity (Wildman–Crippen MR) is 209 cm³/mol. The molecule has 1 amide bonds. The van der Waals surface area contributed by atoms with Crippen molar-refractivity contribution in [3.8, 4) is 0 Å². The Kier molecular flexibility index (Phi) is 30.1. The van der Waals surface area contributed by atoms with Crippen molar-refractivity contribution in [3.63, 3.8) is 0 Å². The molecule has 0 aromatic carbocycles. The van der Waals surface area contributed by atoms with Gasteiger partial charge >= 0.3 is 10.4 Å². The number of aliphatic hydroxyl groups is 4. The van der Waals surface area contributed by atoms with Crippen LogP contribution in [-0.2, 0) is 28.9 Å². The molecule has 0 spiro atoms. The summed E-state index contributed by atoms with van der Waals surface area (Å²) in [6.45, 7) is 3.39. The molecule has 53 heavy (non-hydrogen) atoms. The Morgan fingerprint density at radius 2 is 1.21 bits per heavy atom. The van der Waals surface area contributed by atoms with Gasteiger partial charge in [-0.2, -0.15) is 8.42 Å². The minimum Gasteiger partial charge on any atom is -0.394 e. The van der Waals surface area contributed by atoms with Crippen LogP contribution in [-0.4, -0.2) is 95.4 Å². The summed E-state index contributed by atoms with van der Waals surface area (Å²) >= 11 is 0. The summed E-state index contributed by atoms with van der Waals surface area (Å²) in [4.78, 5) is 13.0. The summed E-state index contributed by atoms with van der Waals surface area (Å²) in [6.07, 6.45) is 23.6. The molecule has 0 bridgehead atoms. The minimum absolute atomic E-state index is 0.241. The van der Waals surface area contributed by atoms with Crippen molar-refractivity contribution in [2.24, 2.45) is 0 Å². The lowest BCUT2D eigenvalue weighted by atomic mass is 9.99. The Morgan fingerprint density at radius 1 is 0.736 bits per heavy atom. The molecule has 7 unspecified atom stereocenters. The Balaban J connectivity index is 2.57. The first-order valence-corrected chi connectivity index (χ1v) is 22.4. The van der Waals surface area contributed by atoms with Gasteiger partial charge in [0.05, 0.1) is 25.4 Å². The number of carbonyl (C=O) groups excluding carboxylic acids is 1. The molecule has 6 N–H and O–H groups in total. The Bertz CT molecular complexity index is 1010. The normalized spacial score (nSPS) is 22.0. The van der Waals surface area contributed by atoms with Gasteiger partial charge < -0.3 is 35.2 Å². The molecule has 0 saturated carbocycles. The molecule has 1 saturated heterocycles. The summed E-state index contributed by atoms with van der Waals surface area (Å²) in [5.41, 5.74) is 0. The van der Waals surface area contributed by atoms with Crippen LogP contribution < -0.4 is 5.32 Å². The molecular formula is C40H77NO11S. The summed E-state index contributed by atoms with van der Waals surface area (Å²) in [5.74, 6) is -0.241. The third kappa shape index (κ3) is 25.6. The molecule has 1 aliphatic rings. The fourth-order valence-corrected chi connectivity index (χ4v) is 7.25. The van der Waals surface area contributed by atoms with Crippen LogP contribution in [0, 0.1) is 0 Å². The Labute approximate surface area is 321 Å². The molecule has 0 radical (unpaired) electrons. The van der Waals surface area contributed by atoms with E-state index in [4.69, 9.17) is 14.0 Å². The van der Waals surface area contributed by atoms with Gasteiger partial charge in [0.15, 0.2) is 6.29 Å². The number of nitrogens with one attached hydrogen (secondary N) is 1. The van der Waals surface area contributed by atoms with E-state index in [-0.39, 0.29) is 18.9 Å². The highest BCUT2D eigenvalue weighted by molar-refractivity contribution is 7.80. The average molecular weight is 780 g/mol. The molecule has 314 valence electrons. The number of carbonyl (C=O) groups is 1. The van der Waals surface area contributed by atoms with Gasteiger partial charge in [-0.05, 0) is 38.5 Å². The predicted octanol–water partition coefficient (Wildman–Crippen LogP) is 7.21. The monoisotopic (exact) mass is 780 g/mol. The molecule has 0 aliphatic carbocycles. The van der Waals surface area contributed by atoms with Crippen molar-refractivity contribution < 1.29 is 51.8 Å². The lowest BCUT2D eigenvalue weighted by Gasteiger charge is -2.41. The van der Waals surface area contributed by atoms with Crippen LogP contribution in [0.25, 0.3) is 0 Å². The smallest absolute Gasteiger partial charge is 0.394 e. The van der Waals surface area contributed by atoms with Gasteiger partial charge in [-0.15, -0.1) is 0 Å². The number of amides is 1. The molecule has 1 aliphatic heterocycles. The van der Waals surface area contributed by atoms with Crippen molar-refractivity contribution >= 4 is 16.3 Å². The number of hydrogen-bond donors (Lipinski definition) is 6. The second kappa shape index (κ2) is 32.0. The maximum atomic E-state index is 13.0. The maximum Gasteiger partial charge on any atom is 0.397 e. The van der Waals surface area contributed by atoms with E-state index in [1.54, 1.807) is 0 Å². The Hall–Kier alpha value is -1.16. The van der Waals surface area contributed by atoms with Crippen LogP contribution in [0.15, 0.2) is 12.2 Å². The molecule has 1 rings (SSSR count). The highest BCUT2D eigenvalue weighted by atomic mass is 32.3. The van der Waals surface area contributed by atoms with Crippen molar-refractivity contribution in [2.75, 3.05) is 13.2 Å². The number of allylic oxidation sites excluding steroid dienone is 2. The third-order valence-corrected chi connectivity index (χ3v) is 10.5. The van der Waals surface area contributed by atoms with Gasteiger partial charge in [0.25, 0.3) is 0 Å². The topological polar surface area (TPSA) is 192 Å². The van der Waals surface area contributed by atoms with E-state index >= 15 is 0 Å². The Morgan fingerprint density at radius 3 is 1.74 bits per heavy atom. The number of hydrogen-bond acceptors (Lipinski definition) is 10. The number of aliphatic hydroxyl groups excluding tert-OH is 4. The average Bonchev–Trinajstić information content (AvgIpc) is 3.12. The zero-order valence-corrected chi connectivity index (χ0v) is 33.9. The lowest BCUT2D eigenvalue weighted by molar-refractivity contribution is -0.298. The van der Waals surface area contributed by atoms with E-state index in [1.165, 1.54) is 83.5 Å².